The van der Waals surface area contributed by atoms with E-state index in [2.05, 4.69) is 6.07 Å². The summed E-state index contributed by atoms with van der Waals surface area (Å²) in [6.07, 6.45) is -5.16. The van der Waals surface area contributed by atoms with Gasteiger partial charge in [-0.3, -0.25) is 19.9 Å². The smallest absolute Gasteiger partial charge is 0.198 e. The van der Waals surface area contributed by atoms with Gasteiger partial charge in [-0.2, -0.15) is 5.26 Å². The minimum atomic E-state index is -2.26. The molecule has 2 fully saturated rings. The van der Waals surface area contributed by atoms with Gasteiger partial charge in [0.1, 0.15) is 35.5 Å². The van der Waals surface area contributed by atoms with Gasteiger partial charge >= 0.3 is 0 Å². The molecule has 0 aromatic heterocycles. The van der Waals surface area contributed by atoms with Crippen molar-refractivity contribution in [2.24, 2.45) is 0 Å². The summed E-state index contributed by atoms with van der Waals surface area (Å²) in [4.78, 5) is 28.4. The molecule has 14 heteroatoms. The number of phenols is 2. The van der Waals surface area contributed by atoms with Gasteiger partial charge in [0.2, 0.25) is 0 Å². The van der Waals surface area contributed by atoms with Crippen LogP contribution in [0.4, 0.5) is 0 Å². The number of nitriles is 1. The van der Waals surface area contributed by atoms with Crippen molar-refractivity contribution in [3.8, 4) is 23.3 Å². The fourth-order valence-electron chi connectivity index (χ4n) is 7.19. The van der Waals surface area contributed by atoms with E-state index >= 15 is 0 Å². The molecular formula is C32H35N3O11. The summed E-state index contributed by atoms with van der Waals surface area (Å²) in [5.41, 5.74) is -3.20. The van der Waals surface area contributed by atoms with Gasteiger partial charge in [-0.25, -0.2) is 0 Å². The molecule has 2 saturated heterocycles. The topological polar surface area (TPSA) is 223 Å². The van der Waals surface area contributed by atoms with Gasteiger partial charge in [0.05, 0.1) is 67.1 Å². The van der Waals surface area contributed by atoms with Gasteiger partial charge in [0, 0.05) is 48.5 Å². The number of methoxy groups -OCH3 is 1. The SMILES string of the molecule is COc1cccc2c1C(=N)c1c(O)c3c(c(O)c1C2=O)C[C@](O)(C(=O)CO)C[C@@H]3O[C@H]1C[C@@H](N2CCOC[C@@H]2C#N)[C@@H](O)[C@@H](C)O1. The molecule has 0 saturated carbocycles. The molecule has 244 valence electrons. The van der Waals surface area contributed by atoms with Crippen LogP contribution in [0.2, 0.25) is 0 Å². The predicted octanol–water partition coefficient (Wildman–Crippen LogP) is 0.452. The quantitative estimate of drug-likeness (QED) is 0.202. The lowest BCUT2D eigenvalue weighted by atomic mass is 9.71. The number of hydrogen-bond acceptors (Lipinski definition) is 14. The van der Waals surface area contributed by atoms with Crippen molar-refractivity contribution >= 4 is 17.3 Å². The molecule has 0 unspecified atom stereocenters. The van der Waals surface area contributed by atoms with Crippen LogP contribution in [0.1, 0.15) is 64.0 Å². The van der Waals surface area contributed by atoms with Crippen LogP contribution in [0.3, 0.4) is 0 Å². The standard InChI is InChI=1S/C32H35N3O11/c1-14-28(38)18(35-6-7-44-13-15(35)11-33)8-22(45-14)46-20-10-32(42,21(37)12-36)9-17-24(20)31(41)25-26(30(17)40)29(39)16-4-3-5-19(43-2)23(16)27(25)34/h3-5,14-15,18,20,22,28,34,36,38,40-42H,6-10,12-13H2,1-2H3/t14-,15+,18-,20+,22+,28+,32-/m1/s1. The maximum Gasteiger partial charge on any atom is 0.198 e. The second-order valence-corrected chi connectivity index (χ2v) is 12.1. The molecule has 4 aliphatic rings. The number of fused-ring (bicyclic) bond motifs is 3. The predicted molar refractivity (Wildman–Crippen MR) is 157 cm³/mol. The van der Waals surface area contributed by atoms with Crippen molar-refractivity contribution < 1.29 is 54.1 Å². The molecule has 0 amide bonds. The zero-order chi connectivity index (χ0) is 33.1. The van der Waals surface area contributed by atoms with Gasteiger partial charge in [-0.1, -0.05) is 12.1 Å². The fourth-order valence-corrected chi connectivity index (χ4v) is 7.19. The number of carbonyl (C=O) groups excluding carboxylic acids is 2. The van der Waals surface area contributed by atoms with Crippen molar-refractivity contribution in [1.29, 1.82) is 10.7 Å². The number of aliphatic hydroxyl groups is 3. The maximum atomic E-state index is 13.7. The monoisotopic (exact) mass is 637 g/mol. The Hall–Kier alpha value is -3.94. The van der Waals surface area contributed by atoms with E-state index in [0.29, 0.717) is 13.2 Å². The lowest BCUT2D eigenvalue weighted by molar-refractivity contribution is -0.262. The molecule has 0 radical (unpaired) electrons. The number of hydrogen-bond donors (Lipinski definition) is 6. The van der Waals surface area contributed by atoms with Crippen LogP contribution in [-0.4, -0.2) is 117 Å². The summed E-state index contributed by atoms with van der Waals surface area (Å²) in [6, 6.07) is 5.54. The summed E-state index contributed by atoms with van der Waals surface area (Å²) in [7, 11) is 1.38. The van der Waals surface area contributed by atoms with Gasteiger partial charge in [0.25, 0.3) is 0 Å². The van der Waals surface area contributed by atoms with Crippen molar-refractivity contribution in [1.82, 2.24) is 4.90 Å². The zero-order valence-electron chi connectivity index (χ0n) is 25.2. The number of rotatable bonds is 6. The third-order valence-electron chi connectivity index (χ3n) is 9.52. The Morgan fingerprint density at radius 3 is 2.70 bits per heavy atom. The van der Waals surface area contributed by atoms with E-state index in [-0.39, 0.29) is 57.9 Å². The molecule has 0 spiro atoms. The Balaban J connectivity index is 1.44. The first-order valence-corrected chi connectivity index (χ1v) is 15.0. The van der Waals surface area contributed by atoms with E-state index in [0.717, 1.165) is 0 Å². The first-order valence-electron chi connectivity index (χ1n) is 15.0. The Morgan fingerprint density at radius 2 is 2.00 bits per heavy atom. The number of ether oxygens (including phenoxy) is 4. The number of aliphatic hydroxyl groups excluding tert-OH is 2. The molecule has 2 aromatic carbocycles. The Labute approximate surface area is 263 Å². The third-order valence-corrected chi connectivity index (χ3v) is 9.52. The first kappa shape index (κ1) is 32.0. The molecular weight excluding hydrogens is 602 g/mol. The minimum Gasteiger partial charge on any atom is -0.507 e. The summed E-state index contributed by atoms with van der Waals surface area (Å²) < 4.78 is 23.1. The van der Waals surface area contributed by atoms with Crippen LogP contribution in [0.5, 0.6) is 17.2 Å². The molecule has 2 aliphatic heterocycles. The number of nitrogens with zero attached hydrogens (tertiary/aromatic N) is 2. The Kier molecular flexibility index (Phi) is 8.36. The minimum absolute atomic E-state index is 0.0530. The van der Waals surface area contributed by atoms with Gasteiger partial charge < -0.3 is 44.5 Å². The number of nitrogens with one attached hydrogen (secondary N) is 1. The van der Waals surface area contributed by atoms with Crippen molar-refractivity contribution in [2.75, 3.05) is 33.5 Å². The van der Waals surface area contributed by atoms with Crippen LogP contribution in [-0.2, 0) is 25.4 Å². The highest BCUT2D eigenvalue weighted by Crippen LogP contribution is 2.52. The lowest BCUT2D eigenvalue weighted by Crippen LogP contribution is -2.60. The summed E-state index contributed by atoms with van der Waals surface area (Å²) in [5.74, 6) is -2.65. The van der Waals surface area contributed by atoms with Crippen LogP contribution in [0, 0.1) is 16.7 Å². The Morgan fingerprint density at radius 1 is 1.24 bits per heavy atom. The average molecular weight is 638 g/mol. The summed E-state index contributed by atoms with van der Waals surface area (Å²) >= 11 is 0. The van der Waals surface area contributed by atoms with E-state index < -0.39 is 84.8 Å². The molecule has 6 rings (SSSR count). The highest BCUT2D eigenvalue weighted by atomic mass is 16.7. The normalized spacial score (nSPS) is 31.0. The molecule has 14 nitrogen and oxygen atoms in total. The van der Waals surface area contributed by atoms with Crippen molar-refractivity contribution in [2.45, 2.75) is 68.5 Å². The van der Waals surface area contributed by atoms with E-state index in [4.69, 9.17) is 24.4 Å². The van der Waals surface area contributed by atoms with Crippen LogP contribution in [0.15, 0.2) is 18.2 Å². The average Bonchev–Trinajstić information content (AvgIpc) is 3.05. The van der Waals surface area contributed by atoms with E-state index in [9.17, 15) is 40.4 Å². The molecule has 2 heterocycles. The molecule has 0 bridgehead atoms. The third kappa shape index (κ3) is 4.96. The number of aromatic hydroxyl groups is 2. The number of Topliss-reactive ketones (excluding diaryl/α,β-unsaturated/α-hetero) is 1. The number of carbonyl (C=O) groups is 2. The van der Waals surface area contributed by atoms with Gasteiger partial charge in [0.15, 0.2) is 17.9 Å². The number of phenolic OH excluding ortho intramolecular Hbond substituents is 2. The number of benzene rings is 2. The highest BCUT2D eigenvalue weighted by Gasteiger charge is 2.50. The van der Waals surface area contributed by atoms with E-state index in [1.807, 2.05) is 4.90 Å². The fraction of sp³-hybridized carbons (Fsp3) is 0.500. The number of morpholine rings is 1. The molecule has 2 aliphatic carbocycles. The number of ketones is 2. The van der Waals surface area contributed by atoms with Crippen LogP contribution < -0.4 is 4.74 Å². The first-order chi connectivity index (χ1) is 21.9. The van der Waals surface area contributed by atoms with E-state index in [1.165, 1.54) is 13.2 Å². The lowest BCUT2D eigenvalue weighted by Gasteiger charge is -2.47. The molecule has 46 heavy (non-hydrogen) atoms. The summed E-state index contributed by atoms with van der Waals surface area (Å²) in [6.45, 7) is 1.49. The summed E-state index contributed by atoms with van der Waals surface area (Å²) in [5, 5.41) is 74.3. The molecule has 7 atom stereocenters. The Bertz CT molecular complexity index is 1650. The van der Waals surface area contributed by atoms with Crippen molar-refractivity contribution in [3.05, 3.63) is 51.6 Å². The van der Waals surface area contributed by atoms with Gasteiger partial charge in [-0.05, 0) is 13.0 Å². The van der Waals surface area contributed by atoms with Crippen molar-refractivity contribution in [3.63, 3.8) is 0 Å². The zero-order valence-corrected chi connectivity index (χ0v) is 25.2. The second kappa shape index (κ2) is 12.0. The second-order valence-electron chi connectivity index (χ2n) is 12.1. The highest BCUT2D eigenvalue weighted by molar-refractivity contribution is 6.32. The largest absolute Gasteiger partial charge is 0.507 e. The molecule has 2 aromatic rings. The van der Waals surface area contributed by atoms with Gasteiger partial charge in [-0.15, -0.1) is 0 Å². The molecule has 6 N–H and O–H groups in total. The van der Waals surface area contributed by atoms with Crippen LogP contribution in [0.25, 0.3) is 0 Å². The van der Waals surface area contributed by atoms with Crippen LogP contribution >= 0.6 is 0 Å². The van der Waals surface area contributed by atoms with E-state index in [1.54, 1.807) is 19.1 Å². The maximum absolute atomic E-state index is 13.7.